The lowest BCUT2D eigenvalue weighted by Gasteiger charge is -2.24. The molecule has 1 aliphatic rings. The zero-order valence-corrected chi connectivity index (χ0v) is 27.6. The minimum atomic E-state index is -0.321. The molecule has 2 heterocycles. The van der Waals surface area contributed by atoms with Crippen LogP contribution >= 0.6 is 0 Å². The predicted octanol–water partition coefficient (Wildman–Crippen LogP) is 11.7. The Morgan fingerprint density at radius 2 is 1.10 bits per heavy atom. The summed E-state index contributed by atoms with van der Waals surface area (Å²) >= 11 is 0. The van der Waals surface area contributed by atoms with Gasteiger partial charge in [0.25, 0.3) is 0 Å². The molecule has 8 aromatic carbocycles. The van der Waals surface area contributed by atoms with E-state index < -0.39 is 0 Å². The van der Waals surface area contributed by atoms with Crippen molar-refractivity contribution in [2.45, 2.75) is 6.17 Å². The SMILES string of the molecule is c1ccc(-c2ccc(-c3ccc4c(c3)oc3cccc(C5=NC(c6cc7ccccc7c7ccccc67)=NC(c6ccccc6)N5)c34)cc2)cc1. The number of benzene rings is 8. The first-order valence-electron chi connectivity index (χ1n) is 17.3. The van der Waals surface area contributed by atoms with Crippen LogP contribution in [0.15, 0.2) is 190 Å². The Morgan fingerprint density at radius 1 is 0.451 bits per heavy atom. The standard InChI is InChI=1S/C47H31N3O/c1-3-12-30(13-4-1)31-22-24-32(25-23-31)34-26-27-39-43(29-34)51-42-21-11-20-40(44(39)42)46-48-45(33-14-5-2-6-15-33)49-47(50-46)41-28-35-16-7-8-17-36(35)37-18-9-10-19-38(37)41/h1-29,45H,(H,48,49,50). The number of nitrogens with zero attached hydrogens (tertiary/aromatic N) is 2. The van der Waals surface area contributed by atoms with E-state index in [-0.39, 0.29) is 6.17 Å². The van der Waals surface area contributed by atoms with Crippen molar-refractivity contribution in [3.8, 4) is 22.3 Å². The normalized spacial score (nSPS) is 14.5. The second-order valence-electron chi connectivity index (χ2n) is 13.0. The number of aliphatic imine (C=N–C) groups is 2. The van der Waals surface area contributed by atoms with E-state index in [1.807, 2.05) is 24.3 Å². The van der Waals surface area contributed by atoms with Gasteiger partial charge in [-0.25, -0.2) is 9.98 Å². The van der Waals surface area contributed by atoms with E-state index in [0.29, 0.717) is 5.84 Å². The largest absolute Gasteiger partial charge is 0.456 e. The Labute approximate surface area is 295 Å². The third-order valence-electron chi connectivity index (χ3n) is 9.94. The van der Waals surface area contributed by atoms with Gasteiger partial charge in [-0.05, 0) is 73.6 Å². The highest BCUT2D eigenvalue weighted by Gasteiger charge is 2.25. The van der Waals surface area contributed by atoms with Crippen LogP contribution in [0.3, 0.4) is 0 Å². The van der Waals surface area contributed by atoms with Crippen LogP contribution in [0.1, 0.15) is 22.9 Å². The molecule has 0 spiro atoms. The number of furan rings is 1. The van der Waals surface area contributed by atoms with E-state index in [2.05, 4.69) is 157 Å². The summed E-state index contributed by atoms with van der Waals surface area (Å²) in [4.78, 5) is 10.6. The third kappa shape index (κ3) is 5.08. The Balaban J connectivity index is 1.11. The van der Waals surface area contributed by atoms with Crippen LogP contribution in [0.2, 0.25) is 0 Å². The number of rotatable bonds is 5. The minimum absolute atomic E-state index is 0.321. The second-order valence-corrected chi connectivity index (χ2v) is 13.0. The molecule has 0 aliphatic carbocycles. The average molecular weight is 654 g/mol. The van der Waals surface area contributed by atoms with Gasteiger partial charge in [0.1, 0.15) is 23.2 Å². The molecule has 1 unspecified atom stereocenters. The van der Waals surface area contributed by atoms with E-state index in [0.717, 1.165) is 66.4 Å². The van der Waals surface area contributed by atoms with Gasteiger partial charge in [0.2, 0.25) is 0 Å². The van der Waals surface area contributed by atoms with Gasteiger partial charge in [0, 0.05) is 21.9 Å². The molecule has 1 aromatic heterocycles. The van der Waals surface area contributed by atoms with Crippen LogP contribution in [-0.2, 0) is 0 Å². The Bertz CT molecular complexity index is 2820. The maximum atomic E-state index is 6.55. The van der Waals surface area contributed by atoms with Crippen molar-refractivity contribution >= 4 is 55.2 Å². The molecule has 1 aliphatic heterocycles. The van der Waals surface area contributed by atoms with Crippen molar-refractivity contribution in [3.05, 3.63) is 193 Å². The van der Waals surface area contributed by atoms with Crippen LogP contribution in [0.4, 0.5) is 0 Å². The Morgan fingerprint density at radius 3 is 1.90 bits per heavy atom. The molecule has 0 saturated heterocycles. The van der Waals surface area contributed by atoms with Crippen molar-refractivity contribution in [2.75, 3.05) is 0 Å². The highest BCUT2D eigenvalue weighted by molar-refractivity contribution is 6.25. The molecule has 0 radical (unpaired) electrons. The molecule has 4 heteroatoms. The van der Waals surface area contributed by atoms with Gasteiger partial charge in [-0.2, -0.15) is 0 Å². The van der Waals surface area contributed by atoms with Gasteiger partial charge in [-0.1, -0.05) is 152 Å². The van der Waals surface area contributed by atoms with Crippen LogP contribution < -0.4 is 5.32 Å². The fourth-order valence-electron chi connectivity index (χ4n) is 7.44. The highest BCUT2D eigenvalue weighted by Crippen LogP contribution is 2.37. The second kappa shape index (κ2) is 12.0. The average Bonchev–Trinajstić information content (AvgIpc) is 3.59. The fraction of sp³-hybridized carbons (Fsp3) is 0.0213. The topological polar surface area (TPSA) is 49.9 Å². The van der Waals surface area contributed by atoms with Gasteiger partial charge in [0.05, 0.1) is 0 Å². The number of amidine groups is 2. The lowest BCUT2D eigenvalue weighted by Crippen LogP contribution is -2.33. The van der Waals surface area contributed by atoms with Crippen molar-refractivity contribution in [2.24, 2.45) is 9.98 Å². The Hall–Kier alpha value is -6.78. The molecule has 0 bridgehead atoms. The predicted molar refractivity (Wildman–Crippen MR) is 211 cm³/mol. The van der Waals surface area contributed by atoms with Gasteiger partial charge >= 0.3 is 0 Å². The number of nitrogens with one attached hydrogen (secondary N) is 1. The lowest BCUT2D eigenvalue weighted by atomic mass is 9.96. The first-order valence-corrected chi connectivity index (χ1v) is 17.3. The van der Waals surface area contributed by atoms with E-state index in [1.54, 1.807) is 0 Å². The van der Waals surface area contributed by atoms with Crippen molar-refractivity contribution in [1.82, 2.24) is 5.32 Å². The number of fused-ring (bicyclic) bond motifs is 6. The Kier molecular flexibility index (Phi) is 6.85. The molecule has 240 valence electrons. The van der Waals surface area contributed by atoms with Crippen molar-refractivity contribution < 1.29 is 4.42 Å². The van der Waals surface area contributed by atoms with E-state index >= 15 is 0 Å². The summed E-state index contributed by atoms with van der Waals surface area (Å²) in [5.74, 6) is 1.46. The molecule has 0 amide bonds. The minimum Gasteiger partial charge on any atom is -0.456 e. The zero-order valence-electron chi connectivity index (χ0n) is 27.6. The quantitative estimate of drug-likeness (QED) is 0.188. The first-order chi connectivity index (χ1) is 25.3. The molecule has 9 aromatic rings. The lowest BCUT2D eigenvalue weighted by molar-refractivity contribution is 0.668. The first kappa shape index (κ1) is 29.2. The van der Waals surface area contributed by atoms with Gasteiger partial charge in [-0.15, -0.1) is 0 Å². The van der Waals surface area contributed by atoms with Gasteiger partial charge in [-0.3, -0.25) is 0 Å². The summed E-state index contributed by atoms with van der Waals surface area (Å²) < 4.78 is 6.55. The molecule has 1 atom stereocenters. The molecular weight excluding hydrogens is 623 g/mol. The number of hydrogen-bond donors (Lipinski definition) is 1. The van der Waals surface area contributed by atoms with E-state index in [1.165, 1.54) is 21.9 Å². The van der Waals surface area contributed by atoms with Crippen LogP contribution in [0.5, 0.6) is 0 Å². The maximum absolute atomic E-state index is 6.55. The number of hydrogen-bond acceptors (Lipinski definition) is 4. The van der Waals surface area contributed by atoms with Crippen LogP contribution in [0, 0.1) is 0 Å². The summed E-state index contributed by atoms with van der Waals surface area (Å²) in [7, 11) is 0. The summed E-state index contributed by atoms with van der Waals surface area (Å²) in [6.45, 7) is 0. The third-order valence-corrected chi connectivity index (χ3v) is 9.94. The van der Waals surface area contributed by atoms with E-state index in [9.17, 15) is 0 Å². The zero-order chi connectivity index (χ0) is 33.7. The van der Waals surface area contributed by atoms with E-state index in [4.69, 9.17) is 14.4 Å². The van der Waals surface area contributed by atoms with Crippen molar-refractivity contribution in [1.29, 1.82) is 0 Å². The van der Waals surface area contributed by atoms with Gasteiger partial charge < -0.3 is 9.73 Å². The molecule has 1 N–H and O–H groups in total. The molecule has 4 nitrogen and oxygen atoms in total. The monoisotopic (exact) mass is 653 g/mol. The van der Waals surface area contributed by atoms with Crippen LogP contribution in [0.25, 0.3) is 65.7 Å². The molecule has 0 fully saturated rings. The molecule has 0 saturated carbocycles. The van der Waals surface area contributed by atoms with Crippen LogP contribution in [-0.4, -0.2) is 11.7 Å². The summed E-state index contributed by atoms with van der Waals surface area (Å²) in [6.07, 6.45) is -0.321. The van der Waals surface area contributed by atoms with Gasteiger partial charge in [0.15, 0.2) is 5.84 Å². The summed E-state index contributed by atoms with van der Waals surface area (Å²) in [5.41, 5.74) is 9.37. The van der Waals surface area contributed by atoms with Crippen molar-refractivity contribution in [3.63, 3.8) is 0 Å². The highest BCUT2D eigenvalue weighted by atomic mass is 16.3. The molecular formula is C47H31N3O. The summed E-state index contributed by atoms with van der Waals surface area (Å²) in [5, 5.41) is 10.5. The maximum Gasteiger partial charge on any atom is 0.160 e. The fourth-order valence-corrected chi connectivity index (χ4v) is 7.44. The molecule has 10 rings (SSSR count). The summed E-state index contributed by atoms with van der Waals surface area (Å²) in [6, 6.07) is 61.6. The smallest absolute Gasteiger partial charge is 0.160 e. The molecule has 51 heavy (non-hydrogen) atoms.